The Morgan fingerprint density at radius 3 is 0.404 bits per heavy atom. The molecule has 0 saturated carbocycles. The van der Waals surface area contributed by atoms with Crippen molar-refractivity contribution in [3.63, 3.8) is 0 Å². The van der Waals surface area contributed by atoms with E-state index in [9.17, 15) is 0 Å². The van der Waals surface area contributed by atoms with Gasteiger partial charge >= 0.3 is 0 Å². The molecule has 0 spiro atoms. The Labute approximate surface area is 375 Å². The maximum Gasteiger partial charge on any atom is 0.0784 e. The summed E-state index contributed by atoms with van der Waals surface area (Å²) in [4.78, 5) is 0. The largest absolute Gasteiger partial charge is 0.326 e. The van der Waals surface area contributed by atoms with Crippen molar-refractivity contribution >= 4 is 17.0 Å². The molecule has 0 atom stereocenters. The van der Waals surface area contributed by atoms with E-state index in [1.165, 1.54) is 332 Å². The summed E-state index contributed by atoms with van der Waals surface area (Å²) in [5.41, 5.74) is 0. The lowest BCUT2D eigenvalue weighted by molar-refractivity contribution is -0.910. The Bertz CT molecular complexity index is 589. The highest BCUT2D eigenvalue weighted by Gasteiger charge is 2.20. The summed E-state index contributed by atoms with van der Waals surface area (Å²) in [6.45, 7) is 11.3. The van der Waals surface area contributed by atoms with E-state index >= 15 is 0 Å². The van der Waals surface area contributed by atoms with Crippen molar-refractivity contribution in [1.29, 1.82) is 0 Å². The third kappa shape index (κ3) is 50.7. The van der Waals surface area contributed by atoms with E-state index in [1.54, 1.807) is 0 Å². The van der Waals surface area contributed by atoms with Gasteiger partial charge in [-0.2, -0.15) is 0 Å². The van der Waals surface area contributed by atoms with Gasteiger partial charge in [0, 0.05) is 0 Å². The molecule has 0 rings (SSSR count). The average molecular weight is 870 g/mol. The van der Waals surface area contributed by atoms with Crippen molar-refractivity contribution in [3.8, 4) is 0 Å². The van der Waals surface area contributed by atoms with Gasteiger partial charge in [0.1, 0.15) is 0 Å². The third-order valence-electron chi connectivity index (χ3n) is 13.7. The molecule has 1 nitrogen and oxygen atoms in total. The van der Waals surface area contributed by atoms with Gasteiger partial charge in [-0.3, -0.25) is 0 Å². The summed E-state index contributed by atoms with van der Waals surface area (Å²) in [5.74, 6) is 0. The van der Waals surface area contributed by atoms with E-state index in [2.05, 4.69) is 27.8 Å². The van der Waals surface area contributed by atoms with Crippen LogP contribution in [0.3, 0.4) is 0 Å². The quantitative estimate of drug-likeness (QED) is 0.0422. The molecule has 0 fully saturated rings. The van der Waals surface area contributed by atoms with Crippen molar-refractivity contribution in [2.24, 2.45) is 0 Å². The topological polar surface area (TPSA) is 0 Å². The Hall–Kier alpha value is 0.440. The fourth-order valence-corrected chi connectivity index (χ4v) is 9.46. The van der Waals surface area contributed by atoms with E-state index in [4.69, 9.17) is 0 Å². The van der Waals surface area contributed by atoms with E-state index < -0.39 is 0 Å². The second-order valence-electron chi connectivity index (χ2n) is 19.7. The van der Waals surface area contributed by atoms with Gasteiger partial charge in [-0.1, -0.05) is 290 Å². The zero-order valence-electron chi connectivity index (χ0n) is 40.9. The van der Waals surface area contributed by atoms with Crippen LogP contribution < -0.4 is 0 Å². The zero-order valence-corrected chi connectivity index (χ0v) is 42.6. The van der Waals surface area contributed by atoms with Crippen LogP contribution >= 0.6 is 17.0 Å². The summed E-state index contributed by atoms with van der Waals surface area (Å²) < 4.78 is 1.37. The molecule has 57 heavy (non-hydrogen) atoms. The lowest BCUT2D eigenvalue weighted by Gasteiger charge is -2.35. The molecule has 0 aliphatic heterocycles. The molecule has 0 aromatic rings. The second-order valence-corrected chi connectivity index (χ2v) is 19.7. The van der Waals surface area contributed by atoms with Crippen LogP contribution in [0.5, 0.6) is 0 Å². The SMILES string of the molecule is Br.CCCCCCCCCCCCCCCCCC[N+](C)(CCCCCCCCCCCCCCCCCC)CCCCCCCCCCCCCCCCCC. The van der Waals surface area contributed by atoms with Crippen LogP contribution in [-0.2, 0) is 0 Å². The number of nitrogens with zero attached hydrogens (tertiary/aromatic N) is 1. The zero-order chi connectivity index (χ0) is 40.6. The molecule has 0 aromatic heterocycles. The van der Waals surface area contributed by atoms with Gasteiger partial charge < -0.3 is 4.48 Å². The summed E-state index contributed by atoms with van der Waals surface area (Å²) in [5, 5.41) is 0. The van der Waals surface area contributed by atoms with Gasteiger partial charge in [-0.25, -0.2) is 0 Å². The predicted octanol–water partition coefficient (Wildman–Crippen LogP) is 20.8. The van der Waals surface area contributed by atoms with Crippen LogP contribution in [0.25, 0.3) is 0 Å². The summed E-state index contributed by atoms with van der Waals surface area (Å²) >= 11 is 0. The first-order valence-corrected chi connectivity index (χ1v) is 27.5. The van der Waals surface area contributed by atoms with Gasteiger partial charge in [0.2, 0.25) is 0 Å². The molecule has 0 heterocycles. The monoisotopic (exact) mass is 869 g/mol. The van der Waals surface area contributed by atoms with E-state index in [1.807, 2.05) is 0 Å². The van der Waals surface area contributed by atoms with Crippen molar-refractivity contribution in [2.75, 3.05) is 26.7 Å². The molecule has 346 valence electrons. The first-order chi connectivity index (χ1) is 27.7. The molecule has 0 aliphatic rings. The lowest BCUT2D eigenvalue weighted by Crippen LogP contribution is -2.46. The Balaban J connectivity index is 0. The van der Waals surface area contributed by atoms with Gasteiger partial charge in [0.25, 0.3) is 0 Å². The highest BCUT2D eigenvalue weighted by Crippen LogP contribution is 2.19. The van der Waals surface area contributed by atoms with Crippen LogP contribution in [0.15, 0.2) is 0 Å². The fraction of sp³-hybridized carbons (Fsp3) is 1.00. The number of quaternary nitrogens is 1. The normalized spacial score (nSPS) is 11.8. The lowest BCUT2D eigenvalue weighted by atomic mass is 10.0. The van der Waals surface area contributed by atoms with E-state index in [0.717, 1.165) is 0 Å². The number of hydrogen-bond acceptors (Lipinski definition) is 0. The first kappa shape index (κ1) is 59.5. The molecule has 2 heteroatoms. The van der Waals surface area contributed by atoms with Crippen LogP contribution in [0.1, 0.15) is 329 Å². The number of halogens is 1. The molecule has 0 saturated heterocycles. The molecule has 0 aromatic carbocycles. The van der Waals surface area contributed by atoms with Crippen LogP contribution in [-0.4, -0.2) is 31.2 Å². The highest BCUT2D eigenvalue weighted by atomic mass is 79.9. The predicted molar refractivity (Wildman–Crippen MR) is 270 cm³/mol. The number of rotatable bonds is 51. The van der Waals surface area contributed by atoms with Crippen molar-refractivity contribution in [3.05, 3.63) is 0 Å². The molecule has 0 radical (unpaired) electrons. The Morgan fingerprint density at radius 2 is 0.281 bits per heavy atom. The van der Waals surface area contributed by atoms with Gasteiger partial charge in [-0.05, 0) is 38.5 Å². The summed E-state index contributed by atoms with van der Waals surface area (Å²) in [6, 6.07) is 0. The summed E-state index contributed by atoms with van der Waals surface area (Å²) in [6.07, 6.45) is 70.7. The molecular weight excluding hydrogens is 755 g/mol. The Morgan fingerprint density at radius 1 is 0.175 bits per heavy atom. The highest BCUT2D eigenvalue weighted by molar-refractivity contribution is 8.93. The first-order valence-electron chi connectivity index (χ1n) is 27.5. The third-order valence-corrected chi connectivity index (χ3v) is 13.7. The fourth-order valence-electron chi connectivity index (χ4n) is 9.46. The Kier molecular flexibility index (Phi) is 54.9. The molecular formula is C55H115BrN+. The second kappa shape index (κ2) is 52.6. The van der Waals surface area contributed by atoms with Gasteiger partial charge in [-0.15, -0.1) is 17.0 Å². The smallest absolute Gasteiger partial charge is 0.0784 e. The maximum absolute atomic E-state index is 2.64. The summed E-state index contributed by atoms with van der Waals surface area (Å²) in [7, 11) is 2.64. The standard InChI is InChI=1S/C55H114N.BrH/c1-5-8-11-14-17-20-23-26-29-32-35-38-41-44-47-50-53-56(4,54-51-48-45-42-39-36-33-30-27-24-21-18-15-12-9-6-2)55-52-49-46-43-40-37-34-31-28-25-22-19-16-13-10-7-3;/h5-55H2,1-4H3;1H/q+1;. The molecule has 0 amide bonds. The van der Waals surface area contributed by atoms with E-state index in [0.29, 0.717) is 0 Å². The molecule has 0 N–H and O–H groups in total. The molecule has 0 aliphatic carbocycles. The maximum atomic E-state index is 2.64. The molecule has 0 unspecified atom stereocenters. The van der Waals surface area contributed by atoms with E-state index in [-0.39, 0.29) is 17.0 Å². The number of unbranched alkanes of at least 4 members (excludes halogenated alkanes) is 45. The van der Waals surface area contributed by atoms with Crippen molar-refractivity contribution < 1.29 is 4.48 Å². The molecule has 0 bridgehead atoms. The van der Waals surface area contributed by atoms with Gasteiger partial charge in [0.05, 0.1) is 26.7 Å². The average Bonchev–Trinajstić information content (AvgIpc) is 3.20. The number of hydrogen-bond donors (Lipinski definition) is 0. The van der Waals surface area contributed by atoms with Gasteiger partial charge in [0.15, 0.2) is 0 Å². The van der Waals surface area contributed by atoms with Crippen molar-refractivity contribution in [1.82, 2.24) is 0 Å². The van der Waals surface area contributed by atoms with Crippen LogP contribution in [0, 0.1) is 0 Å². The minimum Gasteiger partial charge on any atom is -0.326 e. The minimum absolute atomic E-state index is 0. The van der Waals surface area contributed by atoms with Crippen LogP contribution in [0.2, 0.25) is 0 Å². The van der Waals surface area contributed by atoms with Crippen molar-refractivity contribution in [2.45, 2.75) is 329 Å². The van der Waals surface area contributed by atoms with Crippen LogP contribution in [0.4, 0.5) is 0 Å². The minimum atomic E-state index is 0.